The molecule has 12 rings (SSSR count). The second kappa shape index (κ2) is 10.7. The molecule has 0 N–H and O–H groups in total. The minimum Gasteiger partial charge on any atom is -0.292 e. The average Bonchev–Trinajstić information content (AvgIpc) is 3.98. The summed E-state index contributed by atoms with van der Waals surface area (Å²) in [6.07, 6.45) is 0. The summed E-state index contributed by atoms with van der Waals surface area (Å²) >= 11 is 0. The number of benzene rings is 4. The summed E-state index contributed by atoms with van der Waals surface area (Å²) in [5, 5.41) is 0. The molecule has 8 heterocycles. The van der Waals surface area contributed by atoms with Crippen LogP contribution >= 0.6 is 0 Å². The number of hydrogen-bond acceptors (Lipinski definition) is 0. The lowest BCUT2D eigenvalue weighted by Gasteiger charge is -2.17. The molecule has 0 saturated heterocycles. The molecule has 0 spiro atoms. The molecule has 12 aromatic rings. The van der Waals surface area contributed by atoms with Gasteiger partial charge in [-0.3, -0.25) is 17.6 Å². The second-order valence-corrected chi connectivity index (χ2v) is 15.8. The van der Waals surface area contributed by atoms with Gasteiger partial charge in [-0.25, -0.2) is 0 Å². The average molecular weight is 707 g/mol. The van der Waals surface area contributed by atoms with Gasteiger partial charge in [-0.15, -0.1) is 0 Å². The van der Waals surface area contributed by atoms with Crippen molar-refractivity contribution in [3.63, 3.8) is 0 Å². The van der Waals surface area contributed by atoms with Gasteiger partial charge in [0.1, 0.15) is 0 Å². The summed E-state index contributed by atoms with van der Waals surface area (Å²) in [6.45, 7) is 11.0. The lowest BCUT2D eigenvalue weighted by Crippen LogP contribution is -2.04. The Kier molecular flexibility index (Phi) is 5.95. The smallest absolute Gasteiger partial charge is 0.166 e. The largest absolute Gasteiger partial charge is 0.292 e. The van der Waals surface area contributed by atoms with Gasteiger partial charge >= 0.3 is 0 Å². The van der Waals surface area contributed by atoms with Crippen LogP contribution in [0.3, 0.4) is 0 Å². The monoisotopic (exact) mass is 706 g/mol. The van der Waals surface area contributed by atoms with Crippen molar-refractivity contribution in [1.29, 1.82) is 0 Å². The Balaban J connectivity index is 1.44. The Morgan fingerprint density at radius 3 is 0.836 bits per heavy atom. The SMILES string of the molecule is Cc1ccc(-c2c3ccc4c(-c5ccc(C)cc5)c5ccc6c(-c7ccc(C)cc7C)c7ccc8c(-c9ccc(C)cc9)c9ccc2n9c(c(n56)n87)n34)cc1. The summed E-state index contributed by atoms with van der Waals surface area (Å²) in [4.78, 5) is 0. The van der Waals surface area contributed by atoms with E-state index >= 15 is 0 Å². The number of rotatable bonds is 4. The highest BCUT2D eigenvalue weighted by Gasteiger charge is 2.29. The molecule has 0 saturated carbocycles. The van der Waals surface area contributed by atoms with E-state index in [4.69, 9.17) is 0 Å². The maximum absolute atomic E-state index is 2.58. The molecule has 0 amide bonds. The molecule has 0 fully saturated rings. The van der Waals surface area contributed by atoms with E-state index in [1.165, 1.54) is 116 Å². The first-order valence-corrected chi connectivity index (χ1v) is 19.3. The molecule has 8 aromatic heterocycles. The van der Waals surface area contributed by atoms with Crippen LogP contribution in [0.25, 0.3) is 99.9 Å². The first-order valence-electron chi connectivity index (χ1n) is 19.3. The van der Waals surface area contributed by atoms with Crippen LogP contribution in [0.4, 0.5) is 0 Å². The Morgan fingerprint density at radius 2 is 0.545 bits per heavy atom. The zero-order chi connectivity index (χ0) is 36.9. The molecular weight excluding hydrogens is 669 g/mol. The van der Waals surface area contributed by atoms with Gasteiger partial charge < -0.3 is 0 Å². The molecule has 0 bridgehead atoms. The molecule has 0 unspecified atom stereocenters. The van der Waals surface area contributed by atoms with Crippen molar-refractivity contribution in [1.82, 2.24) is 17.6 Å². The highest BCUT2D eigenvalue weighted by Crippen LogP contribution is 2.47. The topological polar surface area (TPSA) is 17.6 Å². The zero-order valence-electron chi connectivity index (χ0n) is 31.6. The van der Waals surface area contributed by atoms with Crippen LogP contribution in [0.5, 0.6) is 0 Å². The number of hydrogen-bond donors (Lipinski definition) is 0. The standard InChI is InChI=1S/C51H38N4/c1-29-6-13-34(14-7-29)46-38-20-22-40-47(35-15-8-30(2)9-16-35)42-24-26-44-49(37-19-12-32(4)28-33(37)5)45-27-25-43-48(36-17-10-31(3)11-18-36)41-23-21-39(46)53(41)50(52(38)40)51(54(42)44)55(43)45/h6-28H,1-5H3. The maximum Gasteiger partial charge on any atom is 0.166 e. The molecule has 0 aliphatic carbocycles. The van der Waals surface area contributed by atoms with Gasteiger partial charge in [0.15, 0.2) is 11.3 Å². The van der Waals surface area contributed by atoms with E-state index in [9.17, 15) is 0 Å². The van der Waals surface area contributed by atoms with E-state index in [-0.39, 0.29) is 0 Å². The fourth-order valence-corrected chi connectivity index (χ4v) is 9.76. The number of aromatic nitrogens is 4. The van der Waals surface area contributed by atoms with E-state index in [0.29, 0.717) is 0 Å². The third kappa shape index (κ3) is 3.96. The molecule has 4 aromatic carbocycles. The number of nitrogens with zero attached hydrogens (tertiary/aromatic N) is 4. The third-order valence-electron chi connectivity index (χ3n) is 12.3. The molecule has 262 valence electrons. The lowest BCUT2D eigenvalue weighted by atomic mass is 9.98. The van der Waals surface area contributed by atoms with Crippen LogP contribution in [0, 0.1) is 34.6 Å². The van der Waals surface area contributed by atoms with Crippen molar-refractivity contribution in [3.8, 4) is 44.5 Å². The molecule has 0 atom stereocenters. The normalized spacial score (nSPS) is 12.5. The summed E-state index contributed by atoms with van der Waals surface area (Å²) in [5.74, 6) is 0. The van der Waals surface area contributed by atoms with Gasteiger partial charge in [-0.2, -0.15) is 0 Å². The summed E-state index contributed by atoms with van der Waals surface area (Å²) < 4.78 is 10.3. The fraction of sp³-hybridized carbons (Fsp3) is 0.0980. The number of aryl methyl sites for hydroxylation is 5. The van der Waals surface area contributed by atoms with Crippen LogP contribution in [0.15, 0.2) is 140 Å². The zero-order valence-corrected chi connectivity index (χ0v) is 31.6. The van der Waals surface area contributed by atoms with Crippen molar-refractivity contribution in [2.45, 2.75) is 34.6 Å². The van der Waals surface area contributed by atoms with Gasteiger partial charge in [-0.05, 0) is 111 Å². The maximum atomic E-state index is 2.58. The van der Waals surface area contributed by atoms with Crippen molar-refractivity contribution in [2.24, 2.45) is 0 Å². The highest BCUT2D eigenvalue weighted by atomic mass is 15.2. The van der Waals surface area contributed by atoms with E-state index in [1.807, 2.05) is 0 Å². The predicted octanol–water partition coefficient (Wildman–Crippen LogP) is 13.2. The highest BCUT2D eigenvalue weighted by molar-refractivity contribution is 6.12. The van der Waals surface area contributed by atoms with Crippen molar-refractivity contribution < 1.29 is 0 Å². The lowest BCUT2D eigenvalue weighted by molar-refractivity contribution is 1.14. The van der Waals surface area contributed by atoms with Crippen LogP contribution in [0.2, 0.25) is 0 Å². The predicted molar refractivity (Wildman–Crippen MR) is 231 cm³/mol. The second-order valence-electron chi connectivity index (χ2n) is 15.8. The Morgan fingerprint density at radius 1 is 0.273 bits per heavy atom. The molecule has 4 nitrogen and oxygen atoms in total. The van der Waals surface area contributed by atoms with Gasteiger partial charge in [0.25, 0.3) is 0 Å². The molecule has 0 aliphatic heterocycles. The summed E-state index contributed by atoms with van der Waals surface area (Å²) in [7, 11) is 0. The molecular formula is C51H38N4. The third-order valence-corrected chi connectivity index (χ3v) is 12.3. The van der Waals surface area contributed by atoms with Gasteiger partial charge in [0.2, 0.25) is 0 Å². The van der Waals surface area contributed by atoms with Crippen LogP contribution in [0.1, 0.15) is 27.8 Å². The van der Waals surface area contributed by atoms with Crippen molar-refractivity contribution in [2.75, 3.05) is 0 Å². The first kappa shape index (κ1) is 30.7. The Hall–Kier alpha value is -6.78. The first-order chi connectivity index (χ1) is 26.9. The molecule has 55 heavy (non-hydrogen) atoms. The molecule has 0 aliphatic rings. The Bertz CT molecular complexity index is 3310. The van der Waals surface area contributed by atoms with E-state index in [0.717, 1.165) is 11.3 Å². The van der Waals surface area contributed by atoms with Gasteiger partial charge in [0.05, 0.1) is 44.1 Å². The van der Waals surface area contributed by atoms with Crippen LogP contribution in [-0.2, 0) is 0 Å². The fourth-order valence-electron chi connectivity index (χ4n) is 9.76. The molecule has 0 radical (unpaired) electrons. The molecule has 4 heteroatoms. The van der Waals surface area contributed by atoms with Crippen LogP contribution < -0.4 is 0 Å². The van der Waals surface area contributed by atoms with Crippen molar-refractivity contribution in [3.05, 3.63) is 167 Å². The van der Waals surface area contributed by atoms with E-state index < -0.39 is 0 Å². The van der Waals surface area contributed by atoms with E-state index in [1.54, 1.807) is 0 Å². The van der Waals surface area contributed by atoms with Gasteiger partial charge in [0, 0.05) is 22.3 Å². The minimum atomic E-state index is 1.15. The van der Waals surface area contributed by atoms with Gasteiger partial charge in [-0.1, -0.05) is 113 Å². The van der Waals surface area contributed by atoms with E-state index in [2.05, 4.69) is 192 Å². The Labute approximate surface area is 318 Å². The quantitative estimate of drug-likeness (QED) is 0.173. The van der Waals surface area contributed by atoms with Crippen molar-refractivity contribution >= 4 is 55.4 Å². The summed E-state index contributed by atoms with van der Waals surface area (Å²) in [6, 6.07) is 53.0. The summed E-state index contributed by atoms with van der Waals surface area (Å²) in [5.41, 5.74) is 28.1. The van der Waals surface area contributed by atoms with Crippen LogP contribution in [-0.4, -0.2) is 17.6 Å². The minimum absolute atomic E-state index is 1.15.